The normalized spacial score (nSPS) is 37.9. The van der Waals surface area contributed by atoms with Gasteiger partial charge in [0.05, 0.1) is 42.7 Å². The zero-order chi connectivity index (χ0) is 23.4. The SMILES string of the molecule is CO[C@H]1C2CC3CC24C1C[C@@]4(C(=O)N1Cc2cccnc2Nc2ccc(N4CCOCC4)cc21)C3. The number of carbonyl (C=O) groups is 1. The van der Waals surface area contributed by atoms with Crippen molar-refractivity contribution in [2.24, 2.45) is 28.6 Å². The molecule has 8 rings (SSSR count). The van der Waals surface area contributed by atoms with Crippen molar-refractivity contribution in [3.05, 3.63) is 42.1 Å². The number of benzene rings is 1. The van der Waals surface area contributed by atoms with E-state index in [1.165, 1.54) is 12.8 Å². The molecule has 182 valence electrons. The van der Waals surface area contributed by atoms with Crippen LogP contribution in [0.5, 0.6) is 0 Å². The fraction of sp³-hybridized carbons (Fsp3) is 0.571. The lowest BCUT2D eigenvalue weighted by Crippen LogP contribution is -2.77. The number of hydrogen-bond acceptors (Lipinski definition) is 6. The van der Waals surface area contributed by atoms with E-state index >= 15 is 0 Å². The number of rotatable bonds is 3. The van der Waals surface area contributed by atoms with E-state index in [9.17, 15) is 4.79 Å². The van der Waals surface area contributed by atoms with E-state index in [-0.39, 0.29) is 10.8 Å². The molecule has 4 saturated carbocycles. The number of carbonyl (C=O) groups excluding carboxylic acids is 1. The van der Waals surface area contributed by atoms with Crippen molar-refractivity contribution in [2.45, 2.75) is 38.3 Å². The Hall–Kier alpha value is -2.64. The molecule has 1 amide bonds. The van der Waals surface area contributed by atoms with E-state index in [0.717, 1.165) is 67.6 Å². The Bertz CT molecular complexity index is 1230. The minimum atomic E-state index is -0.223. The number of aromatic nitrogens is 1. The molecule has 5 fully saturated rings. The van der Waals surface area contributed by atoms with Crippen molar-refractivity contribution in [3.63, 3.8) is 0 Å². The molecule has 7 heteroatoms. The summed E-state index contributed by atoms with van der Waals surface area (Å²) in [4.78, 5) is 23.8. The fourth-order valence-corrected chi connectivity index (χ4v) is 9.22. The molecule has 2 aromatic rings. The van der Waals surface area contributed by atoms with E-state index in [2.05, 4.69) is 44.4 Å². The quantitative estimate of drug-likeness (QED) is 0.730. The molecule has 1 saturated heterocycles. The summed E-state index contributed by atoms with van der Waals surface area (Å²) in [6.07, 6.45) is 6.68. The van der Waals surface area contributed by atoms with Gasteiger partial charge in [-0.25, -0.2) is 4.98 Å². The van der Waals surface area contributed by atoms with Crippen LogP contribution in [0.4, 0.5) is 22.9 Å². The molecule has 1 N–H and O–H groups in total. The summed E-state index contributed by atoms with van der Waals surface area (Å²) < 4.78 is 11.5. The van der Waals surface area contributed by atoms with Crippen LogP contribution in [0.1, 0.15) is 31.2 Å². The molecular formula is C28H32N4O3. The van der Waals surface area contributed by atoms with Gasteiger partial charge in [-0.3, -0.25) is 4.79 Å². The Balaban J connectivity index is 1.22. The van der Waals surface area contributed by atoms with Gasteiger partial charge in [-0.05, 0) is 73.1 Å². The third-order valence-electron chi connectivity index (χ3n) is 10.5. The van der Waals surface area contributed by atoms with Crippen molar-refractivity contribution >= 4 is 28.8 Å². The van der Waals surface area contributed by atoms with E-state index in [4.69, 9.17) is 9.47 Å². The Morgan fingerprint density at radius 2 is 2.06 bits per heavy atom. The second-order valence-electron chi connectivity index (χ2n) is 11.6. The lowest BCUT2D eigenvalue weighted by atomic mass is 9.30. The molecule has 2 aliphatic heterocycles. The first-order valence-corrected chi connectivity index (χ1v) is 13.2. The monoisotopic (exact) mass is 472 g/mol. The van der Waals surface area contributed by atoms with Crippen molar-refractivity contribution < 1.29 is 14.3 Å². The number of nitrogens with zero attached hydrogens (tertiary/aromatic N) is 3. The third-order valence-corrected chi connectivity index (χ3v) is 10.5. The number of amides is 1. The second-order valence-corrected chi connectivity index (χ2v) is 11.6. The molecule has 1 aromatic heterocycles. The Morgan fingerprint density at radius 1 is 1.17 bits per heavy atom. The van der Waals surface area contributed by atoms with Crippen molar-refractivity contribution in [1.29, 1.82) is 0 Å². The first kappa shape index (κ1) is 20.5. The average molecular weight is 473 g/mol. The predicted octanol–water partition coefficient (Wildman–Crippen LogP) is 3.96. The number of fused-ring (bicyclic) bond motifs is 3. The highest BCUT2D eigenvalue weighted by Gasteiger charge is 2.86. The standard InChI is InChI=1S/C28H32N4O3/c1-34-24-20-11-17-13-27(15-21(24)28(20,27)14-17)26(33)32-16-18-3-2-6-29-25(18)30-22-5-4-19(12-23(22)32)31-7-9-35-10-8-31/h2-6,12,17,20-21,24H,7-11,13-16H2,1H3,(H,29,30)/t17?,20?,21?,24-,27+,28?/m0/s1. The molecule has 1 spiro atoms. The molecule has 0 radical (unpaired) electrons. The highest BCUT2D eigenvalue weighted by atomic mass is 16.5. The van der Waals surface area contributed by atoms with Crippen LogP contribution in [0.2, 0.25) is 0 Å². The maximum absolute atomic E-state index is 14.7. The smallest absolute Gasteiger partial charge is 0.234 e. The summed E-state index contributed by atoms with van der Waals surface area (Å²) in [6.45, 7) is 3.78. The van der Waals surface area contributed by atoms with Crippen molar-refractivity contribution in [1.82, 2.24) is 4.98 Å². The number of morpholine rings is 1. The van der Waals surface area contributed by atoms with E-state index in [1.54, 1.807) is 0 Å². The molecule has 2 bridgehead atoms. The molecule has 35 heavy (non-hydrogen) atoms. The summed E-state index contributed by atoms with van der Waals surface area (Å²) in [5.41, 5.74) is 4.11. The molecule has 3 heterocycles. The minimum absolute atomic E-state index is 0.176. The Kier molecular flexibility index (Phi) is 4.10. The van der Waals surface area contributed by atoms with Crippen LogP contribution in [0, 0.1) is 28.6 Å². The number of anilines is 4. The summed E-state index contributed by atoms with van der Waals surface area (Å²) in [7, 11) is 1.86. The van der Waals surface area contributed by atoms with Crippen LogP contribution in [-0.4, -0.2) is 50.4 Å². The van der Waals surface area contributed by atoms with E-state index in [0.29, 0.717) is 36.3 Å². The number of hydrogen-bond donors (Lipinski definition) is 1. The zero-order valence-electron chi connectivity index (χ0n) is 20.2. The van der Waals surface area contributed by atoms with Gasteiger partial charge < -0.3 is 24.6 Å². The summed E-state index contributed by atoms with van der Waals surface area (Å²) in [5.74, 6) is 2.97. The summed E-state index contributed by atoms with van der Waals surface area (Å²) >= 11 is 0. The molecule has 4 aliphatic carbocycles. The topological polar surface area (TPSA) is 66.9 Å². The maximum atomic E-state index is 14.7. The van der Waals surface area contributed by atoms with Gasteiger partial charge in [0, 0.05) is 37.6 Å². The van der Waals surface area contributed by atoms with E-state index in [1.807, 2.05) is 19.4 Å². The first-order chi connectivity index (χ1) is 17.1. The van der Waals surface area contributed by atoms with Gasteiger partial charge in [0.25, 0.3) is 0 Å². The molecule has 1 aromatic carbocycles. The van der Waals surface area contributed by atoms with Gasteiger partial charge in [-0.15, -0.1) is 0 Å². The van der Waals surface area contributed by atoms with E-state index < -0.39 is 0 Å². The van der Waals surface area contributed by atoms with Crippen molar-refractivity contribution in [3.8, 4) is 0 Å². The van der Waals surface area contributed by atoms with Gasteiger partial charge in [0.15, 0.2) is 0 Å². The van der Waals surface area contributed by atoms with Crippen LogP contribution in [0.3, 0.4) is 0 Å². The molecule has 6 atom stereocenters. The number of pyridine rings is 1. The van der Waals surface area contributed by atoms with Crippen LogP contribution in [0.25, 0.3) is 0 Å². The van der Waals surface area contributed by atoms with Crippen LogP contribution in [0.15, 0.2) is 36.5 Å². The van der Waals surface area contributed by atoms with Gasteiger partial charge in [-0.2, -0.15) is 0 Å². The second kappa shape index (κ2) is 6.98. The maximum Gasteiger partial charge on any atom is 0.234 e. The number of methoxy groups -OCH3 is 1. The zero-order valence-corrected chi connectivity index (χ0v) is 20.2. The largest absolute Gasteiger partial charge is 0.381 e. The Morgan fingerprint density at radius 3 is 2.91 bits per heavy atom. The average Bonchev–Trinajstić information content (AvgIpc) is 3.33. The highest BCUT2D eigenvalue weighted by Crippen LogP contribution is 2.87. The van der Waals surface area contributed by atoms with Gasteiger partial charge in [0.2, 0.25) is 5.91 Å². The van der Waals surface area contributed by atoms with Gasteiger partial charge >= 0.3 is 0 Å². The van der Waals surface area contributed by atoms with Crippen LogP contribution < -0.4 is 15.1 Å². The fourth-order valence-electron chi connectivity index (χ4n) is 9.22. The molecule has 7 nitrogen and oxygen atoms in total. The molecular weight excluding hydrogens is 440 g/mol. The van der Waals surface area contributed by atoms with Crippen molar-refractivity contribution in [2.75, 3.05) is 48.5 Å². The Labute approximate surface area is 205 Å². The van der Waals surface area contributed by atoms with Gasteiger partial charge in [-0.1, -0.05) is 6.07 Å². The third kappa shape index (κ3) is 2.44. The molecule has 6 aliphatic rings. The highest BCUT2D eigenvalue weighted by molar-refractivity contribution is 6.04. The number of ether oxygens (including phenoxy) is 2. The summed E-state index contributed by atoms with van der Waals surface area (Å²) in [5, 5.41) is 3.55. The predicted molar refractivity (Wildman–Crippen MR) is 133 cm³/mol. The first-order valence-electron chi connectivity index (χ1n) is 13.2. The lowest BCUT2D eigenvalue weighted by Gasteiger charge is -2.74. The molecule has 4 unspecified atom stereocenters. The van der Waals surface area contributed by atoms with Crippen LogP contribution in [-0.2, 0) is 20.8 Å². The van der Waals surface area contributed by atoms with Crippen LogP contribution >= 0.6 is 0 Å². The summed E-state index contributed by atoms with van der Waals surface area (Å²) in [6, 6.07) is 10.6. The van der Waals surface area contributed by atoms with Gasteiger partial charge in [0.1, 0.15) is 5.82 Å². The lowest BCUT2D eigenvalue weighted by molar-refractivity contribution is -0.301. The number of nitrogens with one attached hydrogen (secondary N) is 1. The minimum Gasteiger partial charge on any atom is -0.381 e.